The summed E-state index contributed by atoms with van der Waals surface area (Å²) < 4.78 is 7.69. The molecule has 0 bridgehead atoms. The van der Waals surface area contributed by atoms with Gasteiger partial charge in [-0.3, -0.25) is 9.69 Å². The summed E-state index contributed by atoms with van der Waals surface area (Å²) >= 11 is 0. The lowest BCUT2D eigenvalue weighted by molar-refractivity contribution is -0.0295. The van der Waals surface area contributed by atoms with E-state index in [1.807, 2.05) is 53.2 Å². The molecule has 1 aromatic heterocycles. The van der Waals surface area contributed by atoms with Crippen molar-refractivity contribution in [3.05, 3.63) is 59.7 Å². The van der Waals surface area contributed by atoms with Crippen molar-refractivity contribution in [1.29, 1.82) is 0 Å². The Hall–Kier alpha value is -2.77. The number of rotatable bonds is 7. The van der Waals surface area contributed by atoms with E-state index in [1.54, 1.807) is 0 Å². The highest BCUT2D eigenvalue weighted by Gasteiger charge is 2.21. The maximum Gasteiger partial charge on any atom is 0.251 e. The Labute approximate surface area is 177 Å². The third kappa shape index (κ3) is 5.04. The largest absolute Gasteiger partial charge is 0.374 e. The molecule has 0 spiro atoms. The molecular formula is C23H29N5O2. The summed E-state index contributed by atoms with van der Waals surface area (Å²) in [7, 11) is 0. The molecule has 2 aromatic carbocycles. The number of nitrogens with zero attached hydrogens (tertiary/aromatic N) is 4. The van der Waals surface area contributed by atoms with Crippen LogP contribution in [-0.4, -0.2) is 64.7 Å². The summed E-state index contributed by atoms with van der Waals surface area (Å²) in [6, 6.07) is 15.5. The van der Waals surface area contributed by atoms with Gasteiger partial charge in [-0.05, 0) is 35.7 Å². The lowest BCUT2D eigenvalue weighted by Gasteiger charge is -2.33. The molecule has 0 aliphatic carbocycles. The first-order chi connectivity index (χ1) is 14.6. The predicted molar refractivity (Wildman–Crippen MR) is 116 cm³/mol. The Morgan fingerprint density at radius 3 is 2.80 bits per heavy atom. The van der Waals surface area contributed by atoms with Gasteiger partial charge >= 0.3 is 0 Å². The second kappa shape index (κ2) is 9.36. The fraction of sp³-hybridized carbons (Fsp3) is 0.435. The monoisotopic (exact) mass is 407 g/mol. The highest BCUT2D eigenvalue weighted by atomic mass is 16.5. The maximum atomic E-state index is 12.5. The van der Waals surface area contributed by atoms with E-state index in [0.29, 0.717) is 24.6 Å². The van der Waals surface area contributed by atoms with Gasteiger partial charge in [-0.15, -0.1) is 5.10 Å². The molecule has 4 rings (SSSR count). The van der Waals surface area contributed by atoms with Gasteiger partial charge < -0.3 is 10.1 Å². The topological polar surface area (TPSA) is 72.3 Å². The number of amides is 1. The van der Waals surface area contributed by atoms with Crippen LogP contribution in [0, 0.1) is 5.92 Å². The minimum atomic E-state index is -0.0719. The van der Waals surface area contributed by atoms with E-state index < -0.39 is 0 Å². The molecule has 0 radical (unpaired) electrons. The number of aromatic nitrogens is 3. The van der Waals surface area contributed by atoms with Gasteiger partial charge in [0.25, 0.3) is 5.91 Å². The molecular weight excluding hydrogens is 378 g/mol. The zero-order valence-electron chi connectivity index (χ0n) is 17.6. The molecule has 1 atom stereocenters. The Kier molecular flexibility index (Phi) is 6.40. The van der Waals surface area contributed by atoms with E-state index in [9.17, 15) is 4.79 Å². The molecule has 1 amide bonds. The van der Waals surface area contributed by atoms with Crippen molar-refractivity contribution in [3.8, 4) is 0 Å². The summed E-state index contributed by atoms with van der Waals surface area (Å²) in [5.41, 5.74) is 3.60. The van der Waals surface area contributed by atoms with Gasteiger partial charge in [-0.2, -0.15) is 0 Å². The van der Waals surface area contributed by atoms with Gasteiger partial charge in [0.2, 0.25) is 0 Å². The molecule has 0 unspecified atom stereocenters. The molecule has 7 heteroatoms. The van der Waals surface area contributed by atoms with Crippen molar-refractivity contribution in [3.63, 3.8) is 0 Å². The first-order valence-electron chi connectivity index (χ1n) is 10.6. The molecule has 158 valence electrons. The van der Waals surface area contributed by atoms with Gasteiger partial charge in [0.05, 0.1) is 24.8 Å². The number of hydrogen-bond acceptors (Lipinski definition) is 5. The van der Waals surface area contributed by atoms with E-state index in [1.165, 1.54) is 0 Å². The predicted octanol–water partition coefficient (Wildman–Crippen LogP) is 2.57. The van der Waals surface area contributed by atoms with E-state index in [2.05, 4.69) is 34.4 Å². The molecule has 3 aromatic rings. The summed E-state index contributed by atoms with van der Waals surface area (Å²) in [4.78, 5) is 15.0. The molecule has 7 nitrogen and oxygen atoms in total. The van der Waals surface area contributed by atoms with Gasteiger partial charge in [0, 0.05) is 31.7 Å². The quantitative estimate of drug-likeness (QED) is 0.652. The summed E-state index contributed by atoms with van der Waals surface area (Å²) in [6.45, 7) is 9.20. The zero-order chi connectivity index (χ0) is 20.9. The number of fused-ring (bicyclic) bond motifs is 1. The number of carbonyl (C=O) groups is 1. The Balaban J connectivity index is 1.31. The van der Waals surface area contributed by atoms with Crippen LogP contribution in [0.25, 0.3) is 11.0 Å². The highest BCUT2D eigenvalue weighted by Crippen LogP contribution is 2.13. The van der Waals surface area contributed by atoms with Gasteiger partial charge in [-0.1, -0.05) is 43.3 Å². The number of carbonyl (C=O) groups excluding carboxylic acids is 1. The van der Waals surface area contributed by atoms with Crippen molar-refractivity contribution >= 4 is 16.9 Å². The van der Waals surface area contributed by atoms with E-state index in [4.69, 9.17) is 4.74 Å². The van der Waals surface area contributed by atoms with Crippen molar-refractivity contribution in [2.75, 3.05) is 32.8 Å². The number of para-hydroxylation sites is 1. The molecule has 30 heavy (non-hydrogen) atoms. The molecule has 0 saturated carbocycles. The minimum Gasteiger partial charge on any atom is -0.374 e. The number of benzene rings is 2. The zero-order valence-corrected chi connectivity index (χ0v) is 17.6. The highest BCUT2D eigenvalue weighted by molar-refractivity contribution is 5.94. The third-order valence-electron chi connectivity index (χ3n) is 5.31. The van der Waals surface area contributed by atoms with Crippen LogP contribution in [0.1, 0.15) is 29.8 Å². The van der Waals surface area contributed by atoms with E-state index in [0.717, 1.165) is 42.8 Å². The fourth-order valence-electron chi connectivity index (χ4n) is 3.86. The van der Waals surface area contributed by atoms with Crippen LogP contribution in [0.5, 0.6) is 0 Å². The standard InChI is InChI=1S/C23H29N5O2/c1-17(2)14-27-11-12-30-20(16-27)13-24-23(29)19-9-7-18(8-10-19)15-28-22-6-4-3-5-21(22)25-26-28/h3-10,17,20H,11-16H2,1-2H3,(H,24,29)/t20-/m0/s1. The summed E-state index contributed by atoms with van der Waals surface area (Å²) in [6.07, 6.45) is 0.0429. The number of hydrogen-bond donors (Lipinski definition) is 1. The van der Waals surface area contributed by atoms with Gasteiger partial charge in [0.1, 0.15) is 5.52 Å². The Morgan fingerprint density at radius 2 is 2.00 bits per heavy atom. The van der Waals surface area contributed by atoms with Gasteiger partial charge in [-0.25, -0.2) is 4.68 Å². The van der Waals surface area contributed by atoms with Crippen LogP contribution >= 0.6 is 0 Å². The van der Waals surface area contributed by atoms with Crippen LogP contribution in [0.3, 0.4) is 0 Å². The second-order valence-electron chi connectivity index (χ2n) is 8.29. The van der Waals surface area contributed by atoms with Crippen molar-refractivity contribution < 1.29 is 9.53 Å². The minimum absolute atomic E-state index is 0.0429. The molecule has 2 heterocycles. The average molecular weight is 408 g/mol. The molecule has 1 aliphatic heterocycles. The van der Waals surface area contributed by atoms with Crippen LogP contribution in [0.15, 0.2) is 48.5 Å². The van der Waals surface area contributed by atoms with Crippen LogP contribution in [-0.2, 0) is 11.3 Å². The Bertz CT molecular complexity index is 983. The van der Waals surface area contributed by atoms with Crippen molar-refractivity contribution in [2.24, 2.45) is 5.92 Å². The molecule has 1 aliphatic rings. The SMILES string of the molecule is CC(C)CN1CCO[C@@H](CNC(=O)c2ccc(Cn3nnc4ccccc43)cc2)C1. The van der Waals surface area contributed by atoms with Crippen LogP contribution in [0.2, 0.25) is 0 Å². The number of morpholine rings is 1. The van der Waals surface area contributed by atoms with Crippen LogP contribution < -0.4 is 5.32 Å². The van der Waals surface area contributed by atoms with E-state index >= 15 is 0 Å². The first kappa shape index (κ1) is 20.5. The lowest BCUT2D eigenvalue weighted by Crippen LogP contribution is -2.48. The van der Waals surface area contributed by atoms with Crippen molar-refractivity contribution in [2.45, 2.75) is 26.5 Å². The van der Waals surface area contributed by atoms with Crippen LogP contribution in [0.4, 0.5) is 0 Å². The van der Waals surface area contributed by atoms with E-state index in [-0.39, 0.29) is 12.0 Å². The first-order valence-corrected chi connectivity index (χ1v) is 10.6. The summed E-state index contributed by atoms with van der Waals surface area (Å²) in [5, 5.41) is 11.4. The second-order valence-corrected chi connectivity index (χ2v) is 8.29. The fourth-order valence-corrected chi connectivity index (χ4v) is 3.86. The lowest BCUT2D eigenvalue weighted by atomic mass is 10.1. The Morgan fingerprint density at radius 1 is 1.20 bits per heavy atom. The molecule has 1 N–H and O–H groups in total. The third-order valence-corrected chi connectivity index (χ3v) is 5.31. The molecule has 1 fully saturated rings. The average Bonchev–Trinajstić information content (AvgIpc) is 3.15. The van der Waals surface area contributed by atoms with Crippen molar-refractivity contribution in [1.82, 2.24) is 25.2 Å². The van der Waals surface area contributed by atoms with Gasteiger partial charge in [0.15, 0.2) is 0 Å². The molecule has 1 saturated heterocycles. The summed E-state index contributed by atoms with van der Waals surface area (Å²) in [5.74, 6) is 0.560. The smallest absolute Gasteiger partial charge is 0.251 e. The number of ether oxygens (including phenoxy) is 1. The normalized spacial score (nSPS) is 17.5. The number of nitrogens with one attached hydrogen (secondary N) is 1. The maximum absolute atomic E-state index is 12.5.